The van der Waals surface area contributed by atoms with Gasteiger partial charge >= 0.3 is 0 Å². The molecule has 1 unspecified atom stereocenters. The number of carbonyl (C=O) groups excluding carboxylic acids is 1. The predicted octanol–water partition coefficient (Wildman–Crippen LogP) is 3.65. The largest absolute Gasteiger partial charge is 0.493 e. The van der Waals surface area contributed by atoms with Gasteiger partial charge in [-0.3, -0.25) is 9.78 Å². The Hall–Kier alpha value is -3.13. The highest BCUT2D eigenvalue weighted by Gasteiger charge is 2.20. The molecule has 0 spiro atoms. The quantitative estimate of drug-likeness (QED) is 0.683. The summed E-state index contributed by atoms with van der Waals surface area (Å²) in [5.74, 6) is 1.66. The van der Waals surface area contributed by atoms with Crippen molar-refractivity contribution in [3.63, 3.8) is 0 Å². The lowest BCUT2D eigenvalue weighted by atomic mass is 9.99. The maximum absolute atomic E-state index is 14.6. The minimum absolute atomic E-state index is 0.0480. The number of rotatable bonds is 7. The average Bonchev–Trinajstić information content (AvgIpc) is 2.79. The maximum Gasteiger partial charge on any atom is 0.217 e. The van der Waals surface area contributed by atoms with E-state index in [0.29, 0.717) is 40.7 Å². The number of nitrogens with one attached hydrogen (secondary N) is 2. The van der Waals surface area contributed by atoms with Crippen molar-refractivity contribution in [2.24, 2.45) is 5.92 Å². The number of ether oxygens (including phenoxy) is 3. The fourth-order valence-electron chi connectivity index (χ4n) is 3.97. The zero-order valence-electron chi connectivity index (χ0n) is 18.3. The molecule has 1 aromatic heterocycles. The lowest BCUT2D eigenvalue weighted by Gasteiger charge is -2.23. The van der Waals surface area contributed by atoms with Crippen LogP contribution in [0.4, 0.5) is 4.39 Å². The number of piperidine rings is 1. The first-order valence-electron chi connectivity index (χ1n) is 10.9. The van der Waals surface area contributed by atoms with Crippen molar-refractivity contribution in [3.8, 4) is 17.2 Å². The zero-order valence-corrected chi connectivity index (χ0v) is 18.3. The number of amides is 1. The van der Waals surface area contributed by atoms with Crippen molar-refractivity contribution in [2.45, 2.75) is 32.2 Å². The molecule has 0 saturated carbocycles. The van der Waals surface area contributed by atoms with E-state index in [2.05, 4.69) is 15.6 Å². The Kier molecular flexibility index (Phi) is 6.90. The van der Waals surface area contributed by atoms with Crippen LogP contribution in [-0.2, 0) is 4.79 Å². The normalized spacial score (nSPS) is 19.2. The SMILES string of the molecule is COc1cc2c(OC3=C(F)CC(NC(C)=O)C=C3)ccnc2cc1OCC1CCNCC1. The summed E-state index contributed by atoms with van der Waals surface area (Å²) in [5, 5.41) is 6.73. The molecule has 1 aliphatic carbocycles. The lowest BCUT2D eigenvalue weighted by molar-refractivity contribution is -0.119. The molecule has 2 heterocycles. The molecule has 1 saturated heterocycles. The molecule has 1 fully saturated rings. The van der Waals surface area contributed by atoms with Gasteiger partial charge in [-0.1, -0.05) is 6.08 Å². The maximum atomic E-state index is 14.6. The molecule has 2 aromatic rings. The van der Waals surface area contributed by atoms with Gasteiger partial charge in [-0.25, -0.2) is 4.39 Å². The molecule has 170 valence electrons. The van der Waals surface area contributed by atoms with Gasteiger partial charge in [0.25, 0.3) is 0 Å². The summed E-state index contributed by atoms with van der Waals surface area (Å²) >= 11 is 0. The smallest absolute Gasteiger partial charge is 0.217 e. The van der Waals surface area contributed by atoms with Crippen molar-refractivity contribution in [1.29, 1.82) is 0 Å². The molecule has 1 atom stereocenters. The average molecular weight is 442 g/mol. The summed E-state index contributed by atoms with van der Waals surface area (Å²) in [4.78, 5) is 15.6. The minimum atomic E-state index is -0.426. The van der Waals surface area contributed by atoms with Gasteiger partial charge < -0.3 is 24.8 Å². The second kappa shape index (κ2) is 9.99. The minimum Gasteiger partial charge on any atom is -0.493 e. The number of hydrogen-bond donors (Lipinski definition) is 2. The van der Waals surface area contributed by atoms with E-state index in [-0.39, 0.29) is 24.1 Å². The van der Waals surface area contributed by atoms with Gasteiger partial charge in [0.05, 0.1) is 25.3 Å². The molecule has 2 N–H and O–H groups in total. The van der Waals surface area contributed by atoms with E-state index in [4.69, 9.17) is 14.2 Å². The molecule has 7 nitrogen and oxygen atoms in total. The fraction of sp³-hybridized carbons (Fsp3) is 0.417. The van der Waals surface area contributed by atoms with Crippen LogP contribution in [0.1, 0.15) is 26.2 Å². The Morgan fingerprint density at radius 3 is 2.78 bits per heavy atom. The van der Waals surface area contributed by atoms with Crippen LogP contribution in [0, 0.1) is 5.92 Å². The van der Waals surface area contributed by atoms with Crippen LogP contribution in [0.3, 0.4) is 0 Å². The number of allylic oxidation sites excluding steroid dienone is 1. The molecule has 0 radical (unpaired) electrons. The fourth-order valence-corrected chi connectivity index (χ4v) is 3.97. The first kappa shape index (κ1) is 22.1. The van der Waals surface area contributed by atoms with Crippen LogP contribution in [0.5, 0.6) is 17.2 Å². The molecule has 4 rings (SSSR count). The summed E-state index contributed by atoms with van der Waals surface area (Å²) in [6.45, 7) is 4.05. The number of nitrogens with zero attached hydrogens (tertiary/aromatic N) is 1. The van der Waals surface area contributed by atoms with Crippen LogP contribution in [0.2, 0.25) is 0 Å². The summed E-state index contributed by atoms with van der Waals surface area (Å²) < 4.78 is 32.1. The van der Waals surface area contributed by atoms with Gasteiger partial charge in [-0.2, -0.15) is 0 Å². The number of carbonyl (C=O) groups is 1. The van der Waals surface area contributed by atoms with Crippen LogP contribution >= 0.6 is 0 Å². The van der Waals surface area contributed by atoms with Crippen molar-refractivity contribution in [3.05, 3.63) is 48.1 Å². The monoisotopic (exact) mass is 441 g/mol. The summed E-state index contributed by atoms with van der Waals surface area (Å²) in [6, 6.07) is 4.94. The third-order valence-corrected chi connectivity index (χ3v) is 5.68. The van der Waals surface area contributed by atoms with Crippen LogP contribution in [0.15, 0.2) is 48.1 Å². The van der Waals surface area contributed by atoms with E-state index in [1.165, 1.54) is 6.92 Å². The van der Waals surface area contributed by atoms with Crippen LogP contribution in [0.25, 0.3) is 10.9 Å². The van der Waals surface area contributed by atoms with Gasteiger partial charge in [0, 0.05) is 31.0 Å². The molecular weight excluding hydrogens is 413 g/mol. The van der Waals surface area contributed by atoms with Crippen molar-refractivity contribution >= 4 is 16.8 Å². The van der Waals surface area contributed by atoms with E-state index in [0.717, 1.165) is 25.9 Å². The lowest BCUT2D eigenvalue weighted by Crippen LogP contribution is -2.32. The predicted molar refractivity (Wildman–Crippen MR) is 120 cm³/mol. The zero-order chi connectivity index (χ0) is 22.5. The highest BCUT2D eigenvalue weighted by Crippen LogP contribution is 2.37. The number of halogens is 1. The van der Waals surface area contributed by atoms with Crippen LogP contribution < -0.4 is 24.8 Å². The van der Waals surface area contributed by atoms with E-state index < -0.39 is 5.83 Å². The van der Waals surface area contributed by atoms with Gasteiger partial charge in [-0.15, -0.1) is 0 Å². The van der Waals surface area contributed by atoms with Crippen molar-refractivity contribution in [2.75, 3.05) is 26.8 Å². The van der Waals surface area contributed by atoms with Gasteiger partial charge in [0.1, 0.15) is 11.6 Å². The number of methoxy groups -OCH3 is 1. The molecule has 1 amide bonds. The second-order valence-electron chi connectivity index (χ2n) is 8.08. The molecule has 1 aliphatic heterocycles. The Balaban J connectivity index is 1.54. The molecule has 32 heavy (non-hydrogen) atoms. The molecule has 2 aliphatic rings. The summed E-state index contributed by atoms with van der Waals surface area (Å²) in [5.41, 5.74) is 0.667. The first-order valence-corrected chi connectivity index (χ1v) is 10.9. The van der Waals surface area contributed by atoms with Crippen molar-refractivity contribution < 1.29 is 23.4 Å². The Bertz CT molecular complexity index is 1050. The van der Waals surface area contributed by atoms with Crippen molar-refractivity contribution in [1.82, 2.24) is 15.6 Å². The molecule has 1 aromatic carbocycles. The van der Waals surface area contributed by atoms with Gasteiger partial charge in [0.15, 0.2) is 17.3 Å². The Morgan fingerprint density at radius 1 is 1.25 bits per heavy atom. The summed E-state index contributed by atoms with van der Waals surface area (Å²) in [6.07, 6.45) is 7.10. The van der Waals surface area contributed by atoms with Gasteiger partial charge in [-0.05, 0) is 50.1 Å². The third kappa shape index (κ3) is 5.19. The van der Waals surface area contributed by atoms with E-state index in [9.17, 15) is 9.18 Å². The molecule has 8 heteroatoms. The third-order valence-electron chi connectivity index (χ3n) is 5.68. The van der Waals surface area contributed by atoms with E-state index >= 15 is 0 Å². The Labute approximate surface area is 186 Å². The molecule has 0 bridgehead atoms. The van der Waals surface area contributed by atoms with Crippen LogP contribution in [-0.4, -0.2) is 43.7 Å². The highest BCUT2D eigenvalue weighted by atomic mass is 19.1. The van der Waals surface area contributed by atoms with E-state index in [1.54, 1.807) is 37.6 Å². The number of aromatic nitrogens is 1. The topological polar surface area (TPSA) is 81.7 Å². The number of benzene rings is 1. The molecular formula is C24H28FN3O4. The highest BCUT2D eigenvalue weighted by molar-refractivity contribution is 5.88. The number of fused-ring (bicyclic) bond motifs is 1. The Morgan fingerprint density at radius 2 is 2.06 bits per heavy atom. The van der Waals surface area contributed by atoms with Gasteiger partial charge in [0.2, 0.25) is 5.91 Å². The van der Waals surface area contributed by atoms with E-state index in [1.807, 2.05) is 6.07 Å². The number of pyridine rings is 1. The second-order valence-corrected chi connectivity index (χ2v) is 8.08. The first-order chi connectivity index (χ1) is 15.5. The number of hydrogen-bond acceptors (Lipinski definition) is 6. The summed E-state index contributed by atoms with van der Waals surface area (Å²) in [7, 11) is 1.59. The standard InChI is InChI=1S/C24H28FN3O4/c1-15(29)28-17-3-4-22(19(25)11-17)32-21-7-10-27-20-13-24(23(30-2)12-18(20)21)31-14-16-5-8-26-9-6-16/h3-4,7,10,12-13,16-17,26H,5-6,8-9,11,14H2,1-2H3,(H,28,29).